The molecule has 4 aromatic heterocycles. The molecule has 0 atom stereocenters. The summed E-state index contributed by atoms with van der Waals surface area (Å²) >= 11 is 0. The van der Waals surface area contributed by atoms with Gasteiger partial charge >= 0.3 is 0 Å². The molecule has 154 valence electrons. The summed E-state index contributed by atoms with van der Waals surface area (Å²) in [5.74, 6) is 1.00. The van der Waals surface area contributed by atoms with E-state index >= 15 is 0 Å². The maximum atomic E-state index is 14.8. The second-order valence-corrected chi connectivity index (χ2v) is 7.43. The molecule has 5 rings (SSSR count). The Balaban J connectivity index is 1.55. The van der Waals surface area contributed by atoms with Gasteiger partial charge < -0.3 is 14.5 Å². The van der Waals surface area contributed by atoms with Crippen LogP contribution in [0.15, 0.2) is 61.3 Å². The van der Waals surface area contributed by atoms with Gasteiger partial charge in [-0.15, -0.1) is 0 Å². The lowest BCUT2D eigenvalue weighted by atomic mass is 10.2. The summed E-state index contributed by atoms with van der Waals surface area (Å²) in [4.78, 5) is 17.8. The van der Waals surface area contributed by atoms with Crippen LogP contribution < -0.4 is 5.32 Å². The van der Waals surface area contributed by atoms with Gasteiger partial charge in [0.2, 0.25) is 0 Å². The minimum Gasteiger partial charge on any atom is -0.338 e. The number of aromatic nitrogens is 6. The first-order valence-corrected chi connectivity index (χ1v) is 9.81. The van der Waals surface area contributed by atoms with Crippen molar-refractivity contribution in [3.05, 3.63) is 78.5 Å². The number of nitrogens with one attached hydrogen (secondary N) is 1. The van der Waals surface area contributed by atoms with E-state index in [1.54, 1.807) is 35.6 Å². The number of imidazole rings is 2. The predicted octanol–water partition coefficient (Wildman–Crippen LogP) is 4.72. The Bertz CT molecular complexity index is 1400. The Kier molecular flexibility index (Phi) is 4.47. The number of rotatable bonds is 4. The number of halogens is 1. The zero-order valence-corrected chi connectivity index (χ0v) is 17.3. The standard InChI is InChI=1S/C23H20FN7/c1-14-9-20-21(29-23(30(20)3)16-5-4-8-25-11-16)22(27-14)28-17-6-7-19(18(24)10-17)31-12-15(2)26-13-31/h4-13H,1-3H3,(H,27,28). The van der Waals surface area contributed by atoms with Crippen molar-refractivity contribution in [2.45, 2.75) is 13.8 Å². The van der Waals surface area contributed by atoms with E-state index in [0.29, 0.717) is 22.7 Å². The van der Waals surface area contributed by atoms with E-state index in [0.717, 1.165) is 28.3 Å². The summed E-state index contributed by atoms with van der Waals surface area (Å²) < 4.78 is 18.5. The summed E-state index contributed by atoms with van der Waals surface area (Å²) in [6.07, 6.45) is 6.89. The van der Waals surface area contributed by atoms with Crippen LogP contribution in [-0.4, -0.2) is 29.1 Å². The van der Waals surface area contributed by atoms with E-state index in [-0.39, 0.29) is 5.82 Å². The quantitative estimate of drug-likeness (QED) is 0.462. The van der Waals surface area contributed by atoms with E-state index in [9.17, 15) is 4.39 Å². The molecule has 0 unspecified atom stereocenters. The largest absolute Gasteiger partial charge is 0.338 e. The lowest BCUT2D eigenvalue weighted by Crippen LogP contribution is -2.00. The molecule has 0 saturated heterocycles. The van der Waals surface area contributed by atoms with Crippen molar-refractivity contribution in [2.75, 3.05) is 5.32 Å². The van der Waals surface area contributed by atoms with E-state index < -0.39 is 0 Å². The normalized spacial score (nSPS) is 11.2. The Morgan fingerprint density at radius 3 is 2.61 bits per heavy atom. The number of benzene rings is 1. The predicted molar refractivity (Wildman–Crippen MR) is 118 cm³/mol. The number of fused-ring (bicyclic) bond motifs is 1. The molecule has 0 aliphatic rings. The molecule has 5 aromatic rings. The van der Waals surface area contributed by atoms with Crippen LogP contribution in [0.5, 0.6) is 0 Å². The first-order valence-electron chi connectivity index (χ1n) is 9.81. The fourth-order valence-corrected chi connectivity index (χ4v) is 3.63. The molecular formula is C23H20FN7. The average Bonchev–Trinajstić information content (AvgIpc) is 3.32. The lowest BCUT2D eigenvalue weighted by molar-refractivity contribution is 0.618. The van der Waals surface area contributed by atoms with Gasteiger partial charge in [0.1, 0.15) is 17.2 Å². The van der Waals surface area contributed by atoms with Crippen molar-refractivity contribution in [3.8, 4) is 17.1 Å². The molecular weight excluding hydrogens is 393 g/mol. The van der Waals surface area contributed by atoms with Gasteiger partial charge in [-0.1, -0.05) is 0 Å². The van der Waals surface area contributed by atoms with Crippen LogP contribution >= 0.6 is 0 Å². The van der Waals surface area contributed by atoms with Crippen LogP contribution in [0.25, 0.3) is 28.1 Å². The smallest absolute Gasteiger partial charge is 0.158 e. The molecule has 31 heavy (non-hydrogen) atoms. The summed E-state index contributed by atoms with van der Waals surface area (Å²) in [5, 5.41) is 3.24. The van der Waals surface area contributed by atoms with E-state index in [2.05, 4.69) is 20.3 Å². The van der Waals surface area contributed by atoms with Crippen molar-refractivity contribution in [1.82, 2.24) is 29.1 Å². The number of anilines is 2. The highest BCUT2D eigenvalue weighted by Crippen LogP contribution is 2.30. The van der Waals surface area contributed by atoms with Crippen molar-refractivity contribution >= 4 is 22.5 Å². The van der Waals surface area contributed by atoms with Gasteiger partial charge in [0.05, 0.1) is 23.2 Å². The second kappa shape index (κ2) is 7.32. The minimum absolute atomic E-state index is 0.358. The number of hydrogen-bond donors (Lipinski definition) is 1. The van der Waals surface area contributed by atoms with Crippen molar-refractivity contribution in [2.24, 2.45) is 7.05 Å². The van der Waals surface area contributed by atoms with Gasteiger partial charge in [0.15, 0.2) is 5.82 Å². The Morgan fingerprint density at radius 2 is 1.90 bits per heavy atom. The SMILES string of the molecule is Cc1cn(-c2ccc(Nc3nc(C)cc4c3nc(-c3cccnc3)n4C)cc2F)cn1. The summed E-state index contributed by atoms with van der Waals surface area (Å²) in [6, 6.07) is 10.8. The maximum absolute atomic E-state index is 14.8. The van der Waals surface area contributed by atoms with Crippen molar-refractivity contribution in [3.63, 3.8) is 0 Å². The monoisotopic (exact) mass is 413 g/mol. The van der Waals surface area contributed by atoms with Gasteiger partial charge in [0.25, 0.3) is 0 Å². The highest BCUT2D eigenvalue weighted by atomic mass is 19.1. The molecule has 0 radical (unpaired) electrons. The van der Waals surface area contributed by atoms with Gasteiger partial charge in [-0.2, -0.15) is 0 Å². The van der Waals surface area contributed by atoms with E-state index in [1.807, 2.05) is 49.7 Å². The van der Waals surface area contributed by atoms with Crippen molar-refractivity contribution < 1.29 is 4.39 Å². The van der Waals surface area contributed by atoms with Gasteiger partial charge in [0, 0.05) is 42.6 Å². The fourth-order valence-electron chi connectivity index (χ4n) is 3.63. The highest BCUT2D eigenvalue weighted by molar-refractivity contribution is 5.91. The number of nitrogens with zero attached hydrogens (tertiary/aromatic N) is 6. The molecule has 0 bridgehead atoms. The van der Waals surface area contributed by atoms with Crippen LogP contribution in [0, 0.1) is 19.7 Å². The van der Waals surface area contributed by atoms with Crippen LogP contribution in [0.4, 0.5) is 15.9 Å². The molecule has 0 saturated carbocycles. The Morgan fingerprint density at radius 1 is 1.03 bits per heavy atom. The van der Waals surface area contributed by atoms with Crippen molar-refractivity contribution in [1.29, 1.82) is 0 Å². The summed E-state index contributed by atoms with van der Waals surface area (Å²) in [7, 11) is 1.96. The molecule has 0 aliphatic carbocycles. The zero-order valence-electron chi connectivity index (χ0n) is 17.3. The Hall–Kier alpha value is -4.07. The van der Waals surface area contributed by atoms with Crippen LogP contribution in [0.1, 0.15) is 11.4 Å². The van der Waals surface area contributed by atoms with Gasteiger partial charge in [-0.3, -0.25) is 4.98 Å². The first kappa shape index (κ1) is 18.9. The third kappa shape index (κ3) is 3.42. The maximum Gasteiger partial charge on any atom is 0.158 e. The molecule has 1 N–H and O–H groups in total. The summed E-state index contributed by atoms with van der Waals surface area (Å²) in [6.45, 7) is 3.79. The molecule has 4 heterocycles. The number of pyridine rings is 2. The third-order valence-corrected chi connectivity index (χ3v) is 5.12. The molecule has 0 aliphatic heterocycles. The van der Waals surface area contributed by atoms with Gasteiger partial charge in [-0.05, 0) is 50.2 Å². The molecule has 7 nitrogen and oxygen atoms in total. The van der Waals surface area contributed by atoms with Crippen LogP contribution in [-0.2, 0) is 7.05 Å². The third-order valence-electron chi connectivity index (χ3n) is 5.12. The zero-order chi connectivity index (χ0) is 21.5. The first-order chi connectivity index (χ1) is 15.0. The average molecular weight is 413 g/mol. The van der Waals surface area contributed by atoms with Crippen LogP contribution in [0.3, 0.4) is 0 Å². The minimum atomic E-state index is -0.358. The van der Waals surface area contributed by atoms with E-state index in [4.69, 9.17) is 4.98 Å². The molecule has 0 fully saturated rings. The number of hydrogen-bond acceptors (Lipinski definition) is 5. The summed E-state index contributed by atoms with van der Waals surface area (Å²) in [5.41, 5.74) is 5.24. The Labute approximate surface area is 178 Å². The molecule has 1 aromatic carbocycles. The molecule has 0 amide bonds. The molecule has 8 heteroatoms. The van der Waals surface area contributed by atoms with Crippen LogP contribution in [0.2, 0.25) is 0 Å². The molecule has 0 spiro atoms. The second-order valence-electron chi connectivity index (χ2n) is 7.43. The number of aryl methyl sites for hydroxylation is 3. The fraction of sp³-hybridized carbons (Fsp3) is 0.130. The topological polar surface area (TPSA) is 73.5 Å². The lowest BCUT2D eigenvalue weighted by Gasteiger charge is -2.10. The highest BCUT2D eigenvalue weighted by Gasteiger charge is 2.16. The van der Waals surface area contributed by atoms with E-state index in [1.165, 1.54) is 6.07 Å². The van der Waals surface area contributed by atoms with Gasteiger partial charge in [-0.25, -0.2) is 19.3 Å².